The lowest BCUT2D eigenvalue weighted by atomic mass is 10.1. The molecule has 0 saturated heterocycles. The third-order valence-corrected chi connectivity index (χ3v) is 2.16. The minimum absolute atomic E-state index is 0.165. The average Bonchev–Trinajstić information content (AvgIpc) is 2.30. The Balaban J connectivity index is 2.49. The fourth-order valence-corrected chi connectivity index (χ4v) is 1.33. The predicted octanol–water partition coefficient (Wildman–Crippen LogP) is 1.26. The van der Waals surface area contributed by atoms with Gasteiger partial charge in [0.15, 0.2) is 5.82 Å². The Hall–Kier alpha value is -2.01. The van der Waals surface area contributed by atoms with Gasteiger partial charge in [0.25, 0.3) is 0 Å². The molecule has 0 spiro atoms. The van der Waals surface area contributed by atoms with Crippen LogP contribution in [-0.2, 0) is 0 Å². The molecule has 2 rings (SSSR count). The molecule has 2 aromatic rings. The summed E-state index contributed by atoms with van der Waals surface area (Å²) in [5.74, 6) is 0.624. The van der Waals surface area contributed by atoms with Crippen LogP contribution in [0.4, 0.5) is 0 Å². The van der Waals surface area contributed by atoms with Crippen molar-refractivity contribution in [1.29, 1.82) is 0 Å². The third-order valence-electron chi connectivity index (χ3n) is 2.16. The Labute approximate surface area is 93.0 Å². The summed E-state index contributed by atoms with van der Waals surface area (Å²) in [5, 5.41) is 17.3. The minimum Gasteiger partial charge on any atom is -0.507 e. The Morgan fingerprint density at radius 2 is 2.06 bits per heavy atom. The zero-order valence-electron chi connectivity index (χ0n) is 8.83. The van der Waals surface area contributed by atoms with Crippen molar-refractivity contribution in [3.05, 3.63) is 36.3 Å². The lowest BCUT2D eigenvalue weighted by Gasteiger charge is -2.06. The van der Waals surface area contributed by atoms with Crippen molar-refractivity contribution in [3.63, 3.8) is 0 Å². The number of phenols is 1. The number of phenolic OH excluding ortho intramolecular Hbond substituents is 1. The zero-order chi connectivity index (χ0) is 11.5. The molecule has 0 aliphatic heterocycles. The van der Waals surface area contributed by atoms with Crippen molar-refractivity contribution in [2.45, 2.75) is 13.0 Å². The van der Waals surface area contributed by atoms with E-state index >= 15 is 0 Å². The Kier molecular flexibility index (Phi) is 2.78. The van der Waals surface area contributed by atoms with Crippen molar-refractivity contribution < 1.29 is 5.11 Å². The van der Waals surface area contributed by atoms with Crippen molar-refractivity contribution in [3.8, 4) is 17.0 Å². The molecule has 0 radical (unpaired) electrons. The van der Waals surface area contributed by atoms with Crippen LogP contribution in [0.15, 0.2) is 30.5 Å². The van der Waals surface area contributed by atoms with Crippen LogP contribution in [0.1, 0.15) is 18.8 Å². The van der Waals surface area contributed by atoms with E-state index in [0.717, 1.165) is 0 Å². The van der Waals surface area contributed by atoms with Crippen LogP contribution in [0.25, 0.3) is 11.3 Å². The maximum atomic E-state index is 9.67. The first-order valence-electron chi connectivity index (χ1n) is 4.92. The van der Waals surface area contributed by atoms with E-state index in [1.54, 1.807) is 25.1 Å². The molecular weight excluding hydrogens is 204 g/mol. The monoisotopic (exact) mass is 216 g/mol. The van der Waals surface area contributed by atoms with Crippen LogP contribution in [-0.4, -0.2) is 20.3 Å². The van der Waals surface area contributed by atoms with Gasteiger partial charge in [-0.2, -0.15) is 5.10 Å². The maximum absolute atomic E-state index is 9.67. The van der Waals surface area contributed by atoms with Crippen LogP contribution >= 0.6 is 0 Å². The topological polar surface area (TPSA) is 84.9 Å². The van der Waals surface area contributed by atoms with Crippen LogP contribution in [0, 0.1) is 0 Å². The lowest BCUT2D eigenvalue weighted by Crippen LogP contribution is -2.11. The van der Waals surface area contributed by atoms with Gasteiger partial charge in [0.2, 0.25) is 0 Å². The average molecular weight is 216 g/mol. The molecule has 0 aliphatic rings. The molecule has 5 heteroatoms. The highest BCUT2D eigenvalue weighted by atomic mass is 16.3. The lowest BCUT2D eigenvalue weighted by molar-refractivity contribution is 0.477. The van der Waals surface area contributed by atoms with Gasteiger partial charge in [0.05, 0.1) is 17.9 Å². The van der Waals surface area contributed by atoms with Gasteiger partial charge in [0, 0.05) is 5.56 Å². The standard InChI is InChI=1S/C11H12N4O/c1-7(12)11-14-9(6-13-15-11)8-4-2-3-5-10(8)16/h2-7,16H,12H2,1H3. The molecule has 0 amide bonds. The molecule has 0 fully saturated rings. The highest BCUT2D eigenvalue weighted by molar-refractivity contribution is 5.65. The molecule has 1 unspecified atom stereocenters. The number of rotatable bonds is 2. The first kappa shape index (κ1) is 10.5. The molecule has 0 bridgehead atoms. The number of nitrogens with two attached hydrogens (primary N) is 1. The minimum atomic E-state index is -0.279. The van der Waals surface area contributed by atoms with Gasteiger partial charge in [0.1, 0.15) is 5.75 Å². The zero-order valence-corrected chi connectivity index (χ0v) is 8.83. The van der Waals surface area contributed by atoms with Crippen LogP contribution in [0.5, 0.6) is 5.75 Å². The summed E-state index contributed by atoms with van der Waals surface area (Å²) in [6, 6.07) is 6.66. The summed E-state index contributed by atoms with van der Waals surface area (Å²) in [5.41, 5.74) is 6.87. The highest BCUT2D eigenvalue weighted by Crippen LogP contribution is 2.26. The largest absolute Gasteiger partial charge is 0.507 e. The summed E-state index contributed by atoms with van der Waals surface area (Å²) in [7, 11) is 0. The van der Waals surface area contributed by atoms with Gasteiger partial charge >= 0.3 is 0 Å². The summed E-state index contributed by atoms with van der Waals surface area (Å²) >= 11 is 0. The van der Waals surface area contributed by atoms with Gasteiger partial charge in [-0.25, -0.2) is 4.98 Å². The van der Waals surface area contributed by atoms with Crippen molar-refractivity contribution in [2.75, 3.05) is 0 Å². The van der Waals surface area contributed by atoms with Crippen LogP contribution in [0.2, 0.25) is 0 Å². The van der Waals surface area contributed by atoms with E-state index < -0.39 is 0 Å². The predicted molar refractivity (Wildman–Crippen MR) is 59.5 cm³/mol. The second-order valence-electron chi connectivity index (χ2n) is 3.51. The first-order chi connectivity index (χ1) is 7.68. The molecule has 16 heavy (non-hydrogen) atoms. The number of aromatic hydroxyl groups is 1. The van der Waals surface area contributed by atoms with Crippen LogP contribution in [0.3, 0.4) is 0 Å². The normalized spacial score (nSPS) is 12.4. The van der Waals surface area contributed by atoms with E-state index in [2.05, 4.69) is 15.2 Å². The number of hydrogen-bond acceptors (Lipinski definition) is 5. The van der Waals surface area contributed by atoms with E-state index in [4.69, 9.17) is 5.73 Å². The highest BCUT2D eigenvalue weighted by Gasteiger charge is 2.09. The Morgan fingerprint density at radius 1 is 1.31 bits per heavy atom. The fraction of sp³-hybridized carbons (Fsp3) is 0.182. The second kappa shape index (κ2) is 4.24. The Morgan fingerprint density at radius 3 is 2.75 bits per heavy atom. The molecule has 5 nitrogen and oxygen atoms in total. The number of aromatic nitrogens is 3. The third kappa shape index (κ3) is 1.99. The van der Waals surface area contributed by atoms with Crippen molar-refractivity contribution >= 4 is 0 Å². The number of hydrogen-bond donors (Lipinski definition) is 2. The summed E-state index contributed by atoms with van der Waals surface area (Å²) < 4.78 is 0. The molecular formula is C11H12N4O. The van der Waals surface area contributed by atoms with E-state index in [1.165, 1.54) is 6.20 Å². The summed E-state index contributed by atoms with van der Waals surface area (Å²) in [6.45, 7) is 1.78. The van der Waals surface area contributed by atoms with Crippen molar-refractivity contribution in [2.24, 2.45) is 5.73 Å². The molecule has 82 valence electrons. The van der Waals surface area contributed by atoms with E-state index in [0.29, 0.717) is 17.1 Å². The number of benzene rings is 1. The quantitative estimate of drug-likeness (QED) is 0.789. The number of nitrogens with zero attached hydrogens (tertiary/aromatic N) is 3. The van der Waals surface area contributed by atoms with E-state index in [-0.39, 0.29) is 11.8 Å². The van der Waals surface area contributed by atoms with Crippen molar-refractivity contribution in [1.82, 2.24) is 15.2 Å². The fourth-order valence-electron chi connectivity index (χ4n) is 1.33. The van der Waals surface area contributed by atoms with Crippen LogP contribution < -0.4 is 5.73 Å². The van der Waals surface area contributed by atoms with E-state index in [1.807, 2.05) is 6.07 Å². The summed E-state index contributed by atoms with van der Waals surface area (Å²) in [4.78, 5) is 4.24. The van der Waals surface area contributed by atoms with E-state index in [9.17, 15) is 5.11 Å². The van der Waals surface area contributed by atoms with Gasteiger partial charge in [-0.1, -0.05) is 12.1 Å². The molecule has 1 heterocycles. The first-order valence-corrected chi connectivity index (χ1v) is 4.92. The summed E-state index contributed by atoms with van der Waals surface area (Å²) in [6.07, 6.45) is 1.50. The van der Waals surface area contributed by atoms with Gasteiger partial charge in [-0.3, -0.25) is 0 Å². The smallest absolute Gasteiger partial charge is 0.168 e. The maximum Gasteiger partial charge on any atom is 0.168 e. The SMILES string of the molecule is CC(N)c1nncc(-c2ccccc2O)n1. The molecule has 1 aromatic heterocycles. The van der Waals surface area contributed by atoms with Gasteiger partial charge < -0.3 is 10.8 Å². The second-order valence-corrected chi connectivity index (χ2v) is 3.51. The molecule has 0 saturated carbocycles. The molecule has 0 aliphatic carbocycles. The molecule has 1 aromatic carbocycles. The molecule has 1 atom stereocenters. The molecule has 3 N–H and O–H groups in total. The van der Waals surface area contributed by atoms with Gasteiger partial charge in [-0.15, -0.1) is 5.10 Å². The Bertz CT molecular complexity index is 499. The number of para-hydroxylation sites is 1. The van der Waals surface area contributed by atoms with Gasteiger partial charge in [-0.05, 0) is 19.1 Å².